The van der Waals surface area contributed by atoms with E-state index in [0.29, 0.717) is 10.9 Å². The summed E-state index contributed by atoms with van der Waals surface area (Å²) < 4.78 is 0. The topological polar surface area (TPSA) is 58.6 Å². The molecule has 14 heavy (non-hydrogen) atoms. The highest BCUT2D eigenvalue weighted by atomic mass is 32.2. The molecule has 1 unspecified atom stereocenters. The molecule has 0 aliphatic carbocycles. The molecule has 4 heteroatoms. The Morgan fingerprint density at radius 1 is 1.43 bits per heavy atom. The lowest BCUT2D eigenvalue weighted by Gasteiger charge is -2.18. The van der Waals surface area contributed by atoms with Crippen LogP contribution in [0.15, 0.2) is 29.3 Å². The number of hydrogen-bond donors (Lipinski definition) is 2. The minimum Gasteiger partial charge on any atom is -0.378 e. The van der Waals surface area contributed by atoms with Crippen LogP contribution in [-0.2, 0) is 5.72 Å². The maximum atomic E-state index is 10.1. The van der Waals surface area contributed by atoms with Crippen LogP contribution >= 0.6 is 11.8 Å². The van der Waals surface area contributed by atoms with Crippen molar-refractivity contribution in [2.45, 2.75) is 12.6 Å². The van der Waals surface area contributed by atoms with E-state index in [4.69, 9.17) is 5.73 Å². The first-order valence-corrected chi connectivity index (χ1v) is 5.36. The van der Waals surface area contributed by atoms with Gasteiger partial charge in [0.05, 0.1) is 5.75 Å². The Labute approximate surface area is 87.0 Å². The SMILES string of the molecule is Cc1ccc(C2(O)CSC(N)=N2)cc1. The zero-order chi connectivity index (χ0) is 10.2. The molecule has 3 N–H and O–H groups in total. The third kappa shape index (κ3) is 1.63. The van der Waals surface area contributed by atoms with Crippen molar-refractivity contribution in [3.63, 3.8) is 0 Å². The summed E-state index contributed by atoms with van der Waals surface area (Å²) in [6, 6.07) is 7.69. The summed E-state index contributed by atoms with van der Waals surface area (Å²) in [5, 5.41) is 10.6. The Bertz CT molecular complexity index is 374. The van der Waals surface area contributed by atoms with Crippen molar-refractivity contribution in [3.05, 3.63) is 35.4 Å². The van der Waals surface area contributed by atoms with Gasteiger partial charge in [-0.25, -0.2) is 4.99 Å². The fourth-order valence-corrected chi connectivity index (χ4v) is 2.19. The second kappa shape index (κ2) is 3.29. The first-order chi connectivity index (χ1) is 6.60. The van der Waals surface area contributed by atoms with Crippen LogP contribution in [0.5, 0.6) is 0 Å². The lowest BCUT2D eigenvalue weighted by atomic mass is 10.0. The highest BCUT2D eigenvalue weighted by molar-refractivity contribution is 8.14. The minimum atomic E-state index is -1.12. The average molecular weight is 208 g/mol. The molecule has 1 aromatic carbocycles. The molecule has 0 fully saturated rings. The zero-order valence-electron chi connectivity index (χ0n) is 7.90. The lowest BCUT2D eigenvalue weighted by molar-refractivity contribution is 0.0757. The van der Waals surface area contributed by atoms with Crippen LogP contribution < -0.4 is 5.73 Å². The number of rotatable bonds is 1. The lowest BCUT2D eigenvalue weighted by Crippen LogP contribution is -2.23. The van der Waals surface area contributed by atoms with Crippen molar-refractivity contribution in [3.8, 4) is 0 Å². The van der Waals surface area contributed by atoms with E-state index < -0.39 is 5.72 Å². The maximum absolute atomic E-state index is 10.1. The molecule has 0 bridgehead atoms. The van der Waals surface area contributed by atoms with Crippen molar-refractivity contribution in [2.24, 2.45) is 10.7 Å². The number of amidine groups is 1. The van der Waals surface area contributed by atoms with Gasteiger partial charge >= 0.3 is 0 Å². The van der Waals surface area contributed by atoms with Crippen LogP contribution in [0, 0.1) is 6.92 Å². The molecule has 0 saturated heterocycles. The van der Waals surface area contributed by atoms with Crippen molar-refractivity contribution in [2.75, 3.05) is 5.75 Å². The van der Waals surface area contributed by atoms with Crippen molar-refractivity contribution >= 4 is 16.9 Å². The molecule has 0 radical (unpaired) electrons. The third-order valence-electron chi connectivity index (χ3n) is 2.23. The van der Waals surface area contributed by atoms with E-state index in [1.54, 1.807) is 0 Å². The summed E-state index contributed by atoms with van der Waals surface area (Å²) >= 11 is 1.38. The highest BCUT2D eigenvalue weighted by Gasteiger charge is 2.33. The Hall–Kier alpha value is -1.00. The standard InChI is InChI=1S/C10H12N2OS/c1-7-2-4-8(5-3-7)10(13)6-14-9(11)12-10/h2-5,13H,6H2,1H3,(H2,11,12). The van der Waals surface area contributed by atoms with Crippen LogP contribution in [0.2, 0.25) is 0 Å². The van der Waals surface area contributed by atoms with E-state index in [2.05, 4.69) is 4.99 Å². The van der Waals surface area contributed by atoms with E-state index >= 15 is 0 Å². The molecule has 1 atom stereocenters. The largest absolute Gasteiger partial charge is 0.378 e. The Kier molecular flexibility index (Phi) is 2.25. The summed E-state index contributed by atoms with van der Waals surface area (Å²) in [5.41, 5.74) is 6.38. The first kappa shape index (κ1) is 9.55. The van der Waals surface area contributed by atoms with Gasteiger partial charge in [0.25, 0.3) is 0 Å². The van der Waals surface area contributed by atoms with Crippen molar-refractivity contribution in [1.29, 1.82) is 0 Å². The molecule has 3 nitrogen and oxygen atoms in total. The van der Waals surface area contributed by atoms with Crippen LogP contribution in [0.1, 0.15) is 11.1 Å². The maximum Gasteiger partial charge on any atom is 0.194 e. The molecule has 1 aliphatic heterocycles. The molecule has 1 aliphatic rings. The molecular formula is C10H12N2OS. The summed E-state index contributed by atoms with van der Waals surface area (Å²) in [4.78, 5) is 4.03. The molecule has 0 saturated carbocycles. The first-order valence-electron chi connectivity index (χ1n) is 4.38. The van der Waals surface area contributed by atoms with Gasteiger partial charge in [0.15, 0.2) is 10.9 Å². The van der Waals surface area contributed by atoms with Gasteiger partial charge in [-0.15, -0.1) is 0 Å². The van der Waals surface area contributed by atoms with Crippen LogP contribution in [0.4, 0.5) is 0 Å². The van der Waals surface area contributed by atoms with Gasteiger partial charge in [-0.1, -0.05) is 41.6 Å². The highest BCUT2D eigenvalue weighted by Crippen LogP contribution is 2.33. The Balaban J connectivity index is 2.35. The zero-order valence-corrected chi connectivity index (χ0v) is 8.71. The predicted octanol–water partition coefficient (Wildman–Crippen LogP) is 1.20. The average Bonchev–Trinajstić information content (AvgIpc) is 2.48. The summed E-state index contributed by atoms with van der Waals surface area (Å²) in [7, 11) is 0. The van der Waals surface area contributed by atoms with Gasteiger partial charge in [0.2, 0.25) is 0 Å². The fraction of sp³-hybridized carbons (Fsp3) is 0.300. The predicted molar refractivity (Wildman–Crippen MR) is 59.2 cm³/mol. The smallest absolute Gasteiger partial charge is 0.194 e. The summed E-state index contributed by atoms with van der Waals surface area (Å²) in [6.07, 6.45) is 0. The number of nitrogens with two attached hydrogens (primary N) is 1. The number of thioether (sulfide) groups is 1. The quantitative estimate of drug-likeness (QED) is 0.729. The van der Waals surface area contributed by atoms with Gasteiger partial charge in [-0.3, -0.25) is 0 Å². The minimum absolute atomic E-state index is 0.452. The van der Waals surface area contributed by atoms with Gasteiger partial charge in [0, 0.05) is 5.56 Å². The van der Waals surface area contributed by atoms with Crippen LogP contribution in [0.3, 0.4) is 0 Å². The van der Waals surface area contributed by atoms with E-state index in [0.717, 1.165) is 5.56 Å². The summed E-state index contributed by atoms with van der Waals surface area (Å²) in [6.45, 7) is 2.01. The molecule has 1 heterocycles. The van der Waals surface area contributed by atoms with E-state index in [9.17, 15) is 5.11 Å². The summed E-state index contributed by atoms with van der Waals surface area (Å²) in [5.74, 6) is 0.502. The van der Waals surface area contributed by atoms with E-state index in [1.807, 2.05) is 31.2 Å². The molecular weight excluding hydrogens is 196 g/mol. The third-order valence-corrected chi connectivity index (χ3v) is 3.16. The Morgan fingerprint density at radius 3 is 2.57 bits per heavy atom. The van der Waals surface area contributed by atoms with E-state index in [-0.39, 0.29) is 0 Å². The molecule has 0 aromatic heterocycles. The number of hydrogen-bond acceptors (Lipinski definition) is 4. The van der Waals surface area contributed by atoms with Gasteiger partial charge in [0.1, 0.15) is 0 Å². The van der Waals surface area contributed by atoms with Gasteiger partial charge in [-0.2, -0.15) is 0 Å². The monoisotopic (exact) mass is 208 g/mol. The van der Waals surface area contributed by atoms with Gasteiger partial charge < -0.3 is 10.8 Å². The number of benzene rings is 1. The van der Waals surface area contributed by atoms with Crippen LogP contribution in [-0.4, -0.2) is 16.0 Å². The molecule has 0 amide bonds. The number of nitrogens with zero attached hydrogens (tertiary/aromatic N) is 1. The number of aryl methyl sites for hydroxylation is 1. The fourth-order valence-electron chi connectivity index (χ4n) is 1.39. The molecule has 0 spiro atoms. The molecule has 1 aromatic rings. The van der Waals surface area contributed by atoms with Gasteiger partial charge in [-0.05, 0) is 6.92 Å². The second-order valence-electron chi connectivity index (χ2n) is 3.42. The number of aliphatic hydroxyl groups is 1. The Morgan fingerprint density at radius 2 is 2.07 bits per heavy atom. The van der Waals surface area contributed by atoms with Crippen LogP contribution in [0.25, 0.3) is 0 Å². The van der Waals surface area contributed by atoms with E-state index in [1.165, 1.54) is 17.3 Å². The molecule has 74 valence electrons. The molecule has 2 rings (SSSR count). The van der Waals surface area contributed by atoms with Crippen molar-refractivity contribution in [1.82, 2.24) is 0 Å². The second-order valence-corrected chi connectivity index (χ2v) is 4.42. The van der Waals surface area contributed by atoms with Crippen molar-refractivity contribution < 1.29 is 5.11 Å². The number of aliphatic imine (C=N–C) groups is 1. The normalized spacial score (nSPS) is 26.3.